The standard InChI is InChI=1S/C20H21NO4/c1-5-25-15-6-7-19(20(13-15)24-4)18(8-9-21)14-10-16(22-2)12-17(11-14)23-3/h6-8,10-13H,5H2,1-4H3/b18-8-. The van der Waals surface area contributed by atoms with E-state index >= 15 is 0 Å². The van der Waals surface area contributed by atoms with Crippen molar-refractivity contribution in [3.05, 3.63) is 53.6 Å². The van der Waals surface area contributed by atoms with Crippen molar-refractivity contribution < 1.29 is 18.9 Å². The molecule has 2 rings (SSSR count). The predicted molar refractivity (Wildman–Crippen MR) is 96.4 cm³/mol. The number of ether oxygens (including phenoxy) is 4. The fraction of sp³-hybridized carbons (Fsp3) is 0.250. The van der Waals surface area contributed by atoms with Crippen LogP contribution < -0.4 is 18.9 Å². The van der Waals surface area contributed by atoms with Crippen molar-refractivity contribution in [1.82, 2.24) is 0 Å². The van der Waals surface area contributed by atoms with Crippen LogP contribution in [0.4, 0.5) is 0 Å². The Morgan fingerprint density at radius 1 is 0.960 bits per heavy atom. The fourth-order valence-electron chi connectivity index (χ4n) is 2.49. The maximum Gasteiger partial charge on any atom is 0.130 e. The van der Waals surface area contributed by atoms with Gasteiger partial charge in [-0.2, -0.15) is 5.26 Å². The topological polar surface area (TPSA) is 60.7 Å². The average molecular weight is 339 g/mol. The van der Waals surface area contributed by atoms with Gasteiger partial charge in [-0.15, -0.1) is 0 Å². The lowest BCUT2D eigenvalue weighted by Crippen LogP contribution is -1.98. The molecule has 0 aromatic heterocycles. The minimum absolute atomic E-state index is 0.566. The number of methoxy groups -OCH3 is 3. The third kappa shape index (κ3) is 4.24. The Morgan fingerprint density at radius 3 is 2.16 bits per heavy atom. The second-order valence-corrected chi connectivity index (χ2v) is 5.08. The van der Waals surface area contributed by atoms with Gasteiger partial charge in [-0.1, -0.05) is 0 Å². The summed E-state index contributed by atoms with van der Waals surface area (Å²) >= 11 is 0. The Bertz CT molecular complexity index is 784. The molecule has 5 nitrogen and oxygen atoms in total. The van der Waals surface area contributed by atoms with Crippen LogP contribution in [0.25, 0.3) is 5.57 Å². The third-order valence-electron chi connectivity index (χ3n) is 3.65. The summed E-state index contributed by atoms with van der Waals surface area (Å²) < 4.78 is 21.7. The van der Waals surface area contributed by atoms with E-state index in [4.69, 9.17) is 18.9 Å². The van der Waals surface area contributed by atoms with Gasteiger partial charge in [0.25, 0.3) is 0 Å². The Labute approximate surface area is 148 Å². The highest BCUT2D eigenvalue weighted by molar-refractivity contribution is 5.85. The molecular weight excluding hydrogens is 318 g/mol. The zero-order valence-electron chi connectivity index (χ0n) is 14.8. The molecule has 0 atom stereocenters. The van der Waals surface area contributed by atoms with Gasteiger partial charge in [-0.3, -0.25) is 0 Å². The van der Waals surface area contributed by atoms with Crippen molar-refractivity contribution in [3.63, 3.8) is 0 Å². The molecular formula is C20H21NO4. The SMILES string of the molecule is CCOc1ccc(/C(=C\C#N)c2cc(OC)cc(OC)c2)c(OC)c1. The van der Waals surface area contributed by atoms with Gasteiger partial charge in [-0.25, -0.2) is 0 Å². The lowest BCUT2D eigenvalue weighted by atomic mass is 9.96. The largest absolute Gasteiger partial charge is 0.497 e. The van der Waals surface area contributed by atoms with E-state index < -0.39 is 0 Å². The van der Waals surface area contributed by atoms with Crippen LogP contribution in [0.15, 0.2) is 42.5 Å². The highest BCUT2D eigenvalue weighted by atomic mass is 16.5. The highest BCUT2D eigenvalue weighted by Gasteiger charge is 2.14. The van der Waals surface area contributed by atoms with Gasteiger partial charge in [-0.05, 0) is 36.8 Å². The molecule has 0 aliphatic rings. The summed E-state index contributed by atoms with van der Waals surface area (Å²) in [5.74, 6) is 2.61. The number of allylic oxidation sites excluding steroid dienone is 1. The minimum atomic E-state index is 0.566. The number of nitriles is 1. The Morgan fingerprint density at radius 2 is 1.64 bits per heavy atom. The van der Waals surface area contributed by atoms with E-state index in [1.165, 1.54) is 6.08 Å². The number of hydrogen-bond acceptors (Lipinski definition) is 5. The molecule has 0 saturated carbocycles. The zero-order chi connectivity index (χ0) is 18.2. The number of benzene rings is 2. The van der Waals surface area contributed by atoms with Crippen molar-refractivity contribution in [2.45, 2.75) is 6.92 Å². The maximum absolute atomic E-state index is 9.26. The van der Waals surface area contributed by atoms with E-state index in [0.29, 0.717) is 35.2 Å². The van der Waals surface area contributed by atoms with Crippen molar-refractivity contribution in [1.29, 1.82) is 5.26 Å². The summed E-state index contributed by atoms with van der Waals surface area (Å²) in [5.41, 5.74) is 2.28. The lowest BCUT2D eigenvalue weighted by molar-refractivity contribution is 0.336. The van der Waals surface area contributed by atoms with Crippen LogP contribution in [-0.2, 0) is 0 Å². The summed E-state index contributed by atoms with van der Waals surface area (Å²) in [6.07, 6.45) is 1.48. The summed E-state index contributed by atoms with van der Waals surface area (Å²) in [4.78, 5) is 0. The first-order valence-electron chi connectivity index (χ1n) is 7.81. The second kappa shape index (κ2) is 8.65. The number of rotatable bonds is 7. The van der Waals surface area contributed by atoms with Gasteiger partial charge < -0.3 is 18.9 Å². The molecule has 0 aliphatic heterocycles. The quantitative estimate of drug-likeness (QED) is 0.712. The minimum Gasteiger partial charge on any atom is -0.497 e. The van der Waals surface area contributed by atoms with Crippen molar-refractivity contribution in [2.24, 2.45) is 0 Å². The van der Waals surface area contributed by atoms with Gasteiger partial charge in [0.2, 0.25) is 0 Å². The van der Waals surface area contributed by atoms with Crippen LogP contribution in [0, 0.1) is 11.3 Å². The normalized spacial score (nSPS) is 10.8. The molecule has 0 heterocycles. The Balaban J connectivity index is 2.60. The van der Waals surface area contributed by atoms with Crippen LogP contribution in [-0.4, -0.2) is 27.9 Å². The fourth-order valence-corrected chi connectivity index (χ4v) is 2.49. The van der Waals surface area contributed by atoms with Crippen LogP contribution in [0.3, 0.4) is 0 Å². The maximum atomic E-state index is 9.26. The molecule has 0 radical (unpaired) electrons. The zero-order valence-corrected chi connectivity index (χ0v) is 14.8. The Hall–Kier alpha value is -3.13. The third-order valence-corrected chi connectivity index (χ3v) is 3.65. The first kappa shape index (κ1) is 18.2. The van der Waals surface area contributed by atoms with Crippen molar-refractivity contribution >= 4 is 5.57 Å². The van der Waals surface area contributed by atoms with Gasteiger partial charge in [0.1, 0.15) is 23.0 Å². The monoisotopic (exact) mass is 339 g/mol. The molecule has 0 spiro atoms. The van der Waals surface area contributed by atoms with Crippen LogP contribution >= 0.6 is 0 Å². The highest BCUT2D eigenvalue weighted by Crippen LogP contribution is 2.36. The molecule has 2 aromatic carbocycles. The number of nitrogens with zero attached hydrogens (tertiary/aromatic N) is 1. The van der Waals surface area contributed by atoms with Gasteiger partial charge in [0, 0.05) is 29.3 Å². The smallest absolute Gasteiger partial charge is 0.130 e. The van der Waals surface area contributed by atoms with E-state index in [1.54, 1.807) is 33.5 Å². The van der Waals surface area contributed by atoms with E-state index in [-0.39, 0.29) is 0 Å². The van der Waals surface area contributed by atoms with Gasteiger partial charge >= 0.3 is 0 Å². The summed E-state index contributed by atoms with van der Waals surface area (Å²) in [7, 11) is 4.76. The van der Waals surface area contributed by atoms with Gasteiger partial charge in [0.15, 0.2) is 0 Å². The molecule has 2 aromatic rings. The van der Waals surface area contributed by atoms with Crippen molar-refractivity contribution in [3.8, 4) is 29.1 Å². The predicted octanol–water partition coefficient (Wildman–Crippen LogP) is 4.07. The van der Waals surface area contributed by atoms with E-state index in [0.717, 1.165) is 11.1 Å². The average Bonchev–Trinajstić information content (AvgIpc) is 2.66. The molecule has 0 N–H and O–H groups in total. The molecule has 0 amide bonds. The van der Waals surface area contributed by atoms with Crippen LogP contribution in [0.2, 0.25) is 0 Å². The molecule has 0 aliphatic carbocycles. The molecule has 0 bridgehead atoms. The Kier molecular flexibility index (Phi) is 6.30. The summed E-state index contributed by atoms with van der Waals surface area (Å²) in [5, 5.41) is 9.26. The molecule has 5 heteroatoms. The van der Waals surface area contributed by atoms with E-state index in [9.17, 15) is 5.26 Å². The van der Waals surface area contributed by atoms with E-state index in [1.807, 2.05) is 31.2 Å². The molecule has 0 saturated heterocycles. The summed E-state index contributed by atoms with van der Waals surface area (Å²) in [6, 6.07) is 13.1. The second-order valence-electron chi connectivity index (χ2n) is 5.08. The molecule has 0 unspecified atom stereocenters. The first-order valence-corrected chi connectivity index (χ1v) is 7.81. The number of hydrogen-bond donors (Lipinski definition) is 0. The van der Waals surface area contributed by atoms with Crippen molar-refractivity contribution in [2.75, 3.05) is 27.9 Å². The summed E-state index contributed by atoms with van der Waals surface area (Å²) in [6.45, 7) is 2.49. The first-order chi connectivity index (χ1) is 12.2. The van der Waals surface area contributed by atoms with Crippen LogP contribution in [0.5, 0.6) is 23.0 Å². The molecule has 0 fully saturated rings. The van der Waals surface area contributed by atoms with Gasteiger partial charge in [0.05, 0.1) is 34.0 Å². The molecule has 25 heavy (non-hydrogen) atoms. The molecule has 130 valence electrons. The van der Waals surface area contributed by atoms with Crippen LogP contribution in [0.1, 0.15) is 18.1 Å². The lowest BCUT2D eigenvalue weighted by Gasteiger charge is -2.15. The van der Waals surface area contributed by atoms with E-state index in [2.05, 4.69) is 6.07 Å².